The molecule has 0 aliphatic rings. The average molecular weight is 258 g/mol. The van der Waals surface area contributed by atoms with Gasteiger partial charge in [0.1, 0.15) is 4.90 Å². The fourth-order valence-electron chi connectivity index (χ4n) is 0.942. The second-order valence-electron chi connectivity index (χ2n) is 4.99. The minimum Gasteiger partial charge on any atom is -0.368 e. The van der Waals surface area contributed by atoms with Gasteiger partial charge in [-0.05, 0) is 12.3 Å². The van der Waals surface area contributed by atoms with E-state index in [0.717, 1.165) is 0 Å². The number of nitrogens with zero attached hydrogens (tertiary/aromatic N) is 2. The third kappa shape index (κ3) is 3.64. The first-order valence-electron chi connectivity index (χ1n) is 5.23. The van der Waals surface area contributed by atoms with Crippen LogP contribution in [0, 0.1) is 5.41 Å². The van der Waals surface area contributed by atoms with Gasteiger partial charge in [-0.25, -0.2) is 23.1 Å². The molecule has 0 amide bonds. The molecular formula is C10H18N4O2S. The molecule has 0 aromatic carbocycles. The number of anilines is 1. The Morgan fingerprint density at radius 3 is 2.18 bits per heavy atom. The summed E-state index contributed by atoms with van der Waals surface area (Å²) in [5.41, 5.74) is 5.14. The maximum absolute atomic E-state index is 12.0. The van der Waals surface area contributed by atoms with Crippen LogP contribution in [-0.4, -0.2) is 24.4 Å². The first kappa shape index (κ1) is 13.9. The Hall–Kier alpha value is -1.21. The summed E-state index contributed by atoms with van der Waals surface area (Å²) in [6.07, 6.45) is 2.39. The molecule has 6 nitrogen and oxygen atoms in total. The summed E-state index contributed by atoms with van der Waals surface area (Å²) in [6.45, 7) is 7.69. The molecule has 1 atom stereocenters. The zero-order chi connectivity index (χ0) is 13.3. The molecule has 1 unspecified atom stereocenters. The highest BCUT2D eigenvalue weighted by molar-refractivity contribution is 7.89. The highest BCUT2D eigenvalue weighted by Crippen LogP contribution is 2.20. The highest BCUT2D eigenvalue weighted by Gasteiger charge is 2.26. The van der Waals surface area contributed by atoms with Crippen molar-refractivity contribution in [1.82, 2.24) is 14.7 Å². The number of hydrogen-bond acceptors (Lipinski definition) is 5. The van der Waals surface area contributed by atoms with Crippen molar-refractivity contribution in [3.8, 4) is 0 Å². The van der Waals surface area contributed by atoms with Gasteiger partial charge in [0.2, 0.25) is 16.0 Å². The van der Waals surface area contributed by atoms with Gasteiger partial charge >= 0.3 is 0 Å². The molecule has 7 heteroatoms. The Bertz CT molecular complexity index is 476. The van der Waals surface area contributed by atoms with Crippen LogP contribution in [0.3, 0.4) is 0 Å². The van der Waals surface area contributed by atoms with Gasteiger partial charge in [0, 0.05) is 6.04 Å². The predicted molar refractivity (Wildman–Crippen MR) is 65.7 cm³/mol. The number of nitrogens with two attached hydrogens (primary N) is 1. The van der Waals surface area contributed by atoms with E-state index >= 15 is 0 Å². The lowest BCUT2D eigenvalue weighted by atomic mass is 9.89. The van der Waals surface area contributed by atoms with Crippen LogP contribution in [0.2, 0.25) is 0 Å². The molecule has 0 bridgehead atoms. The van der Waals surface area contributed by atoms with Gasteiger partial charge in [-0.3, -0.25) is 0 Å². The van der Waals surface area contributed by atoms with Gasteiger partial charge in [-0.2, -0.15) is 0 Å². The van der Waals surface area contributed by atoms with Crippen molar-refractivity contribution in [2.45, 2.75) is 38.6 Å². The summed E-state index contributed by atoms with van der Waals surface area (Å²) < 4.78 is 26.5. The lowest BCUT2D eigenvalue weighted by Gasteiger charge is -2.27. The molecule has 0 aliphatic heterocycles. The van der Waals surface area contributed by atoms with E-state index in [2.05, 4.69) is 14.7 Å². The summed E-state index contributed by atoms with van der Waals surface area (Å²) >= 11 is 0. The second kappa shape index (κ2) is 4.58. The van der Waals surface area contributed by atoms with Gasteiger partial charge < -0.3 is 5.73 Å². The number of aromatic nitrogens is 2. The lowest BCUT2D eigenvalue weighted by molar-refractivity contribution is 0.317. The lowest BCUT2D eigenvalue weighted by Crippen LogP contribution is -2.41. The van der Waals surface area contributed by atoms with Crippen LogP contribution in [-0.2, 0) is 10.0 Å². The summed E-state index contributed by atoms with van der Waals surface area (Å²) in [6, 6.07) is -0.204. The smallest absolute Gasteiger partial charge is 0.243 e. The van der Waals surface area contributed by atoms with E-state index in [0.29, 0.717) is 0 Å². The number of nitrogen functional groups attached to an aromatic ring is 1. The van der Waals surface area contributed by atoms with Crippen molar-refractivity contribution < 1.29 is 8.42 Å². The van der Waals surface area contributed by atoms with E-state index in [-0.39, 0.29) is 22.3 Å². The van der Waals surface area contributed by atoms with E-state index in [1.807, 2.05) is 27.7 Å². The van der Waals surface area contributed by atoms with E-state index in [1.54, 1.807) is 0 Å². The Morgan fingerprint density at radius 1 is 1.29 bits per heavy atom. The van der Waals surface area contributed by atoms with Gasteiger partial charge in [-0.1, -0.05) is 20.8 Å². The third-order valence-electron chi connectivity index (χ3n) is 2.59. The normalized spacial score (nSPS) is 14.6. The van der Waals surface area contributed by atoms with Crippen molar-refractivity contribution in [3.63, 3.8) is 0 Å². The summed E-state index contributed by atoms with van der Waals surface area (Å²) in [5, 5.41) is 0. The van der Waals surface area contributed by atoms with Crippen molar-refractivity contribution in [2.75, 3.05) is 5.73 Å². The topological polar surface area (TPSA) is 98.0 Å². The first-order chi connectivity index (χ1) is 7.63. The van der Waals surface area contributed by atoms with E-state index in [1.165, 1.54) is 12.4 Å². The number of hydrogen-bond donors (Lipinski definition) is 2. The predicted octanol–water partition coefficient (Wildman–Crippen LogP) is 0.772. The maximum Gasteiger partial charge on any atom is 0.243 e. The molecule has 17 heavy (non-hydrogen) atoms. The molecule has 0 saturated heterocycles. The van der Waals surface area contributed by atoms with Crippen molar-refractivity contribution in [2.24, 2.45) is 5.41 Å². The molecule has 1 aromatic heterocycles. The fraction of sp³-hybridized carbons (Fsp3) is 0.600. The molecule has 1 rings (SSSR count). The van der Waals surface area contributed by atoms with Gasteiger partial charge in [0.15, 0.2) is 0 Å². The highest BCUT2D eigenvalue weighted by atomic mass is 32.2. The van der Waals surface area contributed by atoms with Gasteiger partial charge in [-0.15, -0.1) is 0 Å². The van der Waals surface area contributed by atoms with Crippen LogP contribution in [0.5, 0.6) is 0 Å². The third-order valence-corrected chi connectivity index (χ3v) is 4.08. The second-order valence-corrected chi connectivity index (χ2v) is 6.70. The van der Waals surface area contributed by atoms with Gasteiger partial charge in [0.05, 0.1) is 12.4 Å². The number of rotatable bonds is 3. The molecule has 0 saturated carbocycles. The monoisotopic (exact) mass is 258 g/mol. The largest absolute Gasteiger partial charge is 0.368 e. The molecular weight excluding hydrogens is 240 g/mol. The SMILES string of the molecule is CC(NS(=O)(=O)c1cnc(N)nc1)C(C)(C)C. The minimum atomic E-state index is -3.59. The first-order valence-corrected chi connectivity index (χ1v) is 6.71. The molecule has 0 radical (unpaired) electrons. The Labute approximate surface area is 102 Å². The van der Waals surface area contributed by atoms with E-state index in [4.69, 9.17) is 5.73 Å². The van der Waals surface area contributed by atoms with Crippen LogP contribution in [0.1, 0.15) is 27.7 Å². The van der Waals surface area contributed by atoms with Crippen LogP contribution in [0.4, 0.5) is 5.95 Å². The Kier molecular flexibility index (Phi) is 3.73. The average Bonchev–Trinajstić information content (AvgIpc) is 2.16. The molecule has 3 N–H and O–H groups in total. The van der Waals surface area contributed by atoms with E-state index in [9.17, 15) is 8.42 Å². The van der Waals surface area contributed by atoms with Crippen molar-refractivity contribution in [3.05, 3.63) is 12.4 Å². The number of sulfonamides is 1. The molecule has 0 spiro atoms. The molecule has 0 aliphatic carbocycles. The summed E-state index contributed by atoms with van der Waals surface area (Å²) in [4.78, 5) is 7.34. The van der Waals surface area contributed by atoms with Crippen LogP contribution < -0.4 is 10.5 Å². The standard InChI is InChI=1S/C10H18N4O2S/c1-7(10(2,3)4)14-17(15,16)8-5-12-9(11)13-6-8/h5-7,14H,1-4H3,(H2,11,12,13). The van der Waals surface area contributed by atoms with Gasteiger partial charge in [0.25, 0.3) is 0 Å². The van der Waals surface area contributed by atoms with Crippen molar-refractivity contribution in [1.29, 1.82) is 0 Å². The maximum atomic E-state index is 12.0. The zero-order valence-electron chi connectivity index (χ0n) is 10.4. The Morgan fingerprint density at radius 2 is 1.76 bits per heavy atom. The van der Waals surface area contributed by atoms with Crippen LogP contribution in [0.15, 0.2) is 17.3 Å². The quantitative estimate of drug-likeness (QED) is 0.834. The molecule has 1 aromatic rings. The fourth-order valence-corrected chi connectivity index (χ4v) is 2.28. The molecule has 0 fully saturated rings. The molecule has 1 heterocycles. The van der Waals surface area contributed by atoms with E-state index < -0.39 is 10.0 Å². The van der Waals surface area contributed by atoms with Crippen LogP contribution in [0.25, 0.3) is 0 Å². The number of nitrogens with one attached hydrogen (secondary N) is 1. The summed E-state index contributed by atoms with van der Waals surface area (Å²) in [7, 11) is -3.59. The minimum absolute atomic E-state index is 0.0165. The van der Waals surface area contributed by atoms with Crippen molar-refractivity contribution >= 4 is 16.0 Å². The van der Waals surface area contributed by atoms with Crippen LogP contribution >= 0.6 is 0 Å². The zero-order valence-corrected chi connectivity index (χ0v) is 11.2. The molecule has 96 valence electrons. The summed E-state index contributed by atoms with van der Waals surface area (Å²) in [5.74, 6) is 0.0489. The Balaban J connectivity index is 2.94.